The Labute approximate surface area is 170 Å². The molecule has 1 unspecified atom stereocenters. The third-order valence-electron chi connectivity index (χ3n) is 4.87. The SMILES string of the molecule is Cc1cccc(-c2c(SCCOC3CCCCO3)n[nH]c2-c2ccccc2)c1. The molecule has 2 heterocycles. The van der Waals surface area contributed by atoms with Crippen molar-refractivity contribution in [3.05, 3.63) is 60.2 Å². The van der Waals surface area contributed by atoms with Crippen LogP contribution in [0, 0.1) is 6.92 Å². The summed E-state index contributed by atoms with van der Waals surface area (Å²) in [5, 5.41) is 8.91. The van der Waals surface area contributed by atoms with E-state index in [9.17, 15) is 0 Å². The molecule has 0 amide bonds. The molecule has 1 aliphatic rings. The number of benzene rings is 2. The summed E-state index contributed by atoms with van der Waals surface area (Å²) in [4.78, 5) is 0. The van der Waals surface area contributed by atoms with E-state index in [0.29, 0.717) is 6.61 Å². The van der Waals surface area contributed by atoms with Crippen LogP contribution in [0.3, 0.4) is 0 Å². The number of aromatic amines is 1. The van der Waals surface area contributed by atoms with Gasteiger partial charge < -0.3 is 9.47 Å². The number of H-pyrrole nitrogens is 1. The fraction of sp³-hybridized carbons (Fsp3) is 0.348. The van der Waals surface area contributed by atoms with E-state index >= 15 is 0 Å². The quantitative estimate of drug-likeness (QED) is 0.413. The lowest BCUT2D eigenvalue weighted by Gasteiger charge is -2.22. The van der Waals surface area contributed by atoms with Crippen LogP contribution in [0.15, 0.2) is 59.6 Å². The van der Waals surface area contributed by atoms with Crippen LogP contribution in [0.1, 0.15) is 24.8 Å². The maximum atomic E-state index is 5.88. The Morgan fingerprint density at radius 1 is 1.11 bits per heavy atom. The van der Waals surface area contributed by atoms with Crippen LogP contribution in [-0.2, 0) is 9.47 Å². The summed E-state index contributed by atoms with van der Waals surface area (Å²) in [6, 6.07) is 19.0. The van der Waals surface area contributed by atoms with E-state index in [1.54, 1.807) is 11.8 Å². The lowest BCUT2D eigenvalue weighted by atomic mass is 10.0. The molecule has 5 heteroatoms. The van der Waals surface area contributed by atoms with Gasteiger partial charge in [0.15, 0.2) is 6.29 Å². The van der Waals surface area contributed by atoms with Crippen LogP contribution < -0.4 is 0 Å². The fourth-order valence-corrected chi connectivity index (χ4v) is 4.32. The minimum absolute atomic E-state index is 0.0374. The molecular weight excluding hydrogens is 368 g/mol. The molecule has 4 rings (SSSR count). The highest BCUT2D eigenvalue weighted by Crippen LogP contribution is 2.38. The second-order valence-electron chi connectivity index (χ2n) is 7.03. The van der Waals surface area contributed by atoms with Gasteiger partial charge in [-0.05, 0) is 31.7 Å². The second-order valence-corrected chi connectivity index (χ2v) is 8.11. The van der Waals surface area contributed by atoms with Gasteiger partial charge >= 0.3 is 0 Å². The second kappa shape index (κ2) is 9.41. The highest BCUT2D eigenvalue weighted by molar-refractivity contribution is 7.99. The summed E-state index contributed by atoms with van der Waals surface area (Å²) in [7, 11) is 0. The van der Waals surface area contributed by atoms with Crippen molar-refractivity contribution in [1.29, 1.82) is 0 Å². The molecule has 0 radical (unpaired) electrons. The molecule has 1 aromatic heterocycles. The first-order valence-electron chi connectivity index (χ1n) is 9.88. The minimum atomic E-state index is -0.0374. The highest BCUT2D eigenvalue weighted by atomic mass is 32.2. The van der Waals surface area contributed by atoms with Gasteiger partial charge in [-0.3, -0.25) is 5.10 Å². The maximum Gasteiger partial charge on any atom is 0.157 e. The lowest BCUT2D eigenvalue weighted by molar-refractivity contribution is -0.158. The van der Waals surface area contributed by atoms with Crippen LogP contribution in [0.2, 0.25) is 0 Å². The molecule has 1 fully saturated rings. The van der Waals surface area contributed by atoms with Crippen molar-refractivity contribution in [2.45, 2.75) is 37.5 Å². The van der Waals surface area contributed by atoms with Gasteiger partial charge in [0.2, 0.25) is 0 Å². The normalized spacial score (nSPS) is 17.0. The van der Waals surface area contributed by atoms with Crippen LogP contribution in [0.5, 0.6) is 0 Å². The third-order valence-corrected chi connectivity index (χ3v) is 5.81. The van der Waals surface area contributed by atoms with Gasteiger partial charge in [-0.1, -0.05) is 60.2 Å². The summed E-state index contributed by atoms with van der Waals surface area (Å²) in [6.45, 7) is 3.60. The van der Waals surface area contributed by atoms with Crippen molar-refractivity contribution in [2.75, 3.05) is 19.0 Å². The molecule has 28 heavy (non-hydrogen) atoms. The Bertz CT molecular complexity index is 889. The molecule has 1 N–H and O–H groups in total. The zero-order valence-corrected chi connectivity index (χ0v) is 17.0. The van der Waals surface area contributed by atoms with Gasteiger partial charge in [0.1, 0.15) is 5.03 Å². The zero-order chi connectivity index (χ0) is 19.2. The molecule has 2 aromatic carbocycles. The number of nitrogens with one attached hydrogen (secondary N) is 1. The maximum absolute atomic E-state index is 5.88. The van der Waals surface area contributed by atoms with E-state index in [2.05, 4.69) is 65.7 Å². The van der Waals surface area contributed by atoms with Crippen molar-refractivity contribution in [1.82, 2.24) is 10.2 Å². The van der Waals surface area contributed by atoms with E-state index in [4.69, 9.17) is 9.47 Å². The van der Waals surface area contributed by atoms with Crippen LogP contribution in [0.25, 0.3) is 22.4 Å². The molecule has 0 bridgehead atoms. The largest absolute Gasteiger partial charge is 0.353 e. The van der Waals surface area contributed by atoms with Crippen LogP contribution in [-0.4, -0.2) is 35.5 Å². The first-order valence-corrected chi connectivity index (χ1v) is 10.9. The number of ether oxygens (including phenoxy) is 2. The Hall–Kier alpha value is -2.08. The summed E-state index contributed by atoms with van der Waals surface area (Å²) in [5.74, 6) is 0.845. The van der Waals surface area contributed by atoms with E-state index in [-0.39, 0.29) is 6.29 Å². The molecule has 0 spiro atoms. The number of nitrogens with zero attached hydrogens (tertiary/aromatic N) is 1. The van der Waals surface area contributed by atoms with Crippen molar-refractivity contribution in [3.63, 3.8) is 0 Å². The van der Waals surface area contributed by atoms with Gasteiger partial charge in [-0.2, -0.15) is 5.10 Å². The Kier molecular flexibility index (Phi) is 6.47. The summed E-state index contributed by atoms with van der Waals surface area (Å²) in [5.41, 5.74) is 5.79. The summed E-state index contributed by atoms with van der Waals surface area (Å²) in [6.07, 6.45) is 3.29. The Morgan fingerprint density at radius 3 is 2.75 bits per heavy atom. The molecule has 146 valence electrons. The smallest absolute Gasteiger partial charge is 0.157 e. The van der Waals surface area contributed by atoms with Gasteiger partial charge in [-0.25, -0.2) is 0 Å². The fourth-order valence-electron chi connectivity index (χ4n) is 3.47. The van der Waals surface area contributed by atoms with E-state index in [0.717, 1.165) is 47.0 Å². The first kappa shape index (κ1) is 19.2. The Morgan fingerprint density at radius 2 is 1.96 bits per heavy atom. The predicted molar refractivity (Wildman–Crippen MR) is 114 cm³/mol. The van der Waals surface area contributed by atoms with Gasteiger partial charge in [0.05, 0.1) is 12.3 Å². The molecular formula is C23H26N2O2S. The highest BCUT2D eigenvalue weighted by Gasteiger charge is 2.18. The molecule has 3 aromatic rings. The number of rotatable bonds is 7. The molecule has 1 atom stereocenters. The van der Waals surface area contributed by atoms with Gasteiger partial charge in [0, 0.05) is 23.5 Å². The third kappa shape index (κ3) is 4.66. The molecule has 0 aliphatic carbocycles. The first-order chi connectivity index (χ1) is 13.8. The van der Waals surface area contributed by atoms with E-state index in [1.165, 1.54) is 17.5 Å². The van der Waals surface area contributed by atoms with Crippen LogP contribution in [0.4, 0.5) is 0 Å². The topological polar surface area (TPSA) is 47.1 Å². The number of thioether (sulfide) groups is 1. The minimum Gasteiger partial charge on any atom is -0.353 e. The van der Waals surface area contributed by atoms with Crippen LogP contribution >= 0.6 is 11.8 Å². The average Bonchev–Trinajstić information content (AvgIpc) is 3.16. The van der Waals surface area contributed by atoms with Crippen molar-refractivity contribution in [2.24, 2.45) is 0 Å². The molecule has 1 aliphatic heterocycles. The Balaban J connectivity index is 1.52. The summed E-state index contributed by atoms with van der Waals surface area (Å²) >= 11 is 1.73. The summed E-state index contributed by atoms with van der Waals surface area (Å²) < 4.78 is 11.5. The number of aryl methyl sites for hydroxylation is 1. The van der Waals surface area contributed by atoms with Crippen molar-refractivity contribution < 1.29 is 9.47 Å². The average molecular weight is 395 g/mol. The zero-order valence-electron chi connectivity index (χ0n) is 16.2. The number of aromatic nitrogens is 2. The standard InChI is InChI=1S/C23H26N2O2S/c1-17-8-7-11-19(16-17)21-22(18-9-3-2-4-10-18)24-25-23(21)28-15-14-27-20-12-5-6-13-26-20/h2-4,7-11,16,20H,5-6,12-15H2,1H3,(H,24,25). The van der Waals surface area contributed by atoms with Crippen molar-refractivity contribution in [3.8, 4) is 22.4 Å². The van der Waals surface area contributed by atoms with Gasteiger partial charge in [-0.15, -0.1) is 11.8 Å². The molecule has 1 saturated heterocycles. The molecule has 0 saturated carbocycles. The van der Waals surface area contributed by atoms with Gasteiger partial charge in [0.25, 0.3) is 0 Å². The van der Waals surface area contributed by atoms with Crippen molar-refractivity contribution >= 4 is 11.8 Å². The number of hydrogen-bond acceptors (Lipinski definition) is 4. The molecule has 4 nitrogen and oxygen atoms in total. The number of hydrogen-bond donors (Lipinski definition) is 1. The lowest BCUT2D eigenvalue weighted by Crippen LogP contribution is -2.23. The monoisotopic (exact) mass is 394 g/mol. The van der Waals surface area contributed by atoms with E-state index < -0.39 is 0 Å². The van der Waals surface area contributed by atoms with E-state index in [1.807, 2.05) is 6.07 Å². The predicted octanol–water partition coefficient (Wildman–Crippen LogP) is 5.69.